The maximum atomic E-state index is 13.7. The van der Waals surface area contributed by atoms with Crippen molar-refractivity contribution in [2.75, 3.05) is 19.8 Å². The minimum Gasteiger partial charge on any atom is -0.394 e. The van der Waals surface area contributed by atoms with Crippen LogP contribution >= 0.6 is 11.6 Å². The van der Waals surface area contributed by atoms with Gasteiger partial charge in [-0.15, -0.1) is 0 Å². The Morgan fingerprint density at radius 3 is 3.00 bits per heavy atom. The molecule has 1 aromatic rings. The quantitative estimate of drug-likeness (QED) is 0.923. The fraction of sp³-hybridized carbons (Fsp3) is 0.500. The number of hydrogen-bond donors (Lipinski definition) is 1. The highest BCUT2D eigenvalue weighted by Crippen LogP contribution is 2.21. The number of nitrogens with zero attached hydrogens (tertiary/aromatic N) is 1. The van der Waals surface area contributed by atoms with E-state index < -0.39 is 5.82 Å². The number of halogens is 2. The summed E-state index contributed by atoms with van der Waals surface area (Å²) in [5.41, 5.74) is 0.207. The van der Waals surface area contributed by atoms with Gasteiger partial charge in [-0.3, -0.25) is 4.79 Å². The molecule has 2 atom stereocenters. The van der Waals surface area contributed by atoms with Crippen LogP contribution in [-0.4, -0.2) is 47.8 Å². The van der Waals surface area contributed by atoms with Crippen LogP contribution in [0.1, 0.15) is 12.5 Å². The molecule has 6 heteroatoms. The van der Waals surface area contributed by atoms with E-state index in [0.717, 1.165) is 0 Å². The molecule has 20 heavy (non-hydrogen) atoms. The molecule has 1 amide bonds. The average Bonchev–Trinajstić information content (AvgIpc) is 2.43. The van der Waals surface area contributed by atoms with Crippen LogP contribution in [0.3, 0.4) is 0 Å². The third-order valence-corrected chi connectivity index (χ3v) is 3.77. The van der Waals surface area contributed by atoms with Crippen LogP contribution in [0.25, 0.3) is 0 Å². The Kier molecular flexibility index (Phi) is 4.96. The zero-order chi connectivity index (χ0) is 14.7. The molecule has 0 aromatic heterocycles. The number of carbonyl (C=O) groups excluding carboxylic acids is 1. The Hall–Kier alpha value is -1.17. The lowest BCUT2D eigenvalue weighted by atomic mass is 10.1. The second kappa shape index (κ2) is 6.52. The molecule has 0 spiro atoms. The van der Waals surface area contributed by atoms with Crippen molar-refractivity contribution in [1.29, 1.82) is 0 Å². The Bertz CT molecular complexity index is 477. The number of amides is 1. The van der Waals surface area contributed by atoms with Gasteiger partial charge in [-0.05, 0) is 19.1 Å². The second-order valence-electron chi connectivity index (χ2n) is 4.91. The molecule has 1 N–H and O–H groups in total. The Morgan fingerprint density at radius 2 is 2.35 bits per heavy atom. The van der Waals surface area contributed by atoms with Gasteiger partial charge in [-0.1, -0.05) is 17.7 Å². The van der Waals surface area contributed by atoms with Crippen molar-refractivity contribution < 1.29 is 19.0 Å². The summed E-state index contributed by atoms with van der Waals surface area (Å²) in [6.45, 7) is 2.38. The lowest BCUT2D eigenvalue weighted by Crippen LogP contribution is -2.52. The third kappa shape index (κ3) is 3.29. The molecule has 0 saturated carbocycles. The van der Waals surface area contributed by atoms with Gasteiger partial charge in [0.05, 0.1) is 31.8 Å². The van der Waals surface area contributed by atoms with Crippen LogP contribution in [0, 0.1) is 5.82 Å². The Morgan fingerprint density at radius 1 is 1.60 bits per heavy atom. The van der Waals surface area contributed by atoms with Gasteiger partial charge in [-0.2, -0.15) is 0 Å². The van der Waals surface area contributed by atoms with Crippen molar-refractivity contribution in [3.8, 4) is 0 Å². The Labute approximate surface area is 122 Å². The number of aliphatic hydroxyl groups excluding tert-OH is 1. The van der Waals surface area contributed by atoms with Gasteiger partial charge in [0.25, 0.3) is 0 Å². The summed E-state index contributed by atoms with van der Waals surface area (Å²) in [5, 5.41) is 9.36. The van der Waals surface area contributed by atoms with E-state index in [2.05, 4.69) is 0 Å². The van der Waals surface area contributed by atoms with Crippen LogP contribution in [0.5, 0.6) is 0 Å². The van der Waals surface area contributed by atoms with Gasteiger partial charge in [0.2, 0.25) is 5.91 Å². The molecule has 1 saturated heterocycles. The first-order chi connectivity index (χ1) is 9.52. The summed E-state index contributed by atoms with van der Waals surface area (Å²) in [5.74, 6) is -0.697. The van der Waals surface area contributed by atoms with Crippen LogP contribution < -0.4 is 0 Å². The molecule has 0 radical (unpaired) electrons. The van der Waals surface area contributed by atoms with E-state index in [1.807, 2.05) is 6.92 Å². The van der Waals surface area contributed by atoms with E-state index in [0.29, 0.717) is 13.2 Å². The summed E-state index contributed by atoms with van der Waals surface area (Å²) in [6.07, 6.45) is -0.472. The maximum absolute atomic E-state index is 13.7. The molecule has 0 bridgehead atoms. The number of aliphatic hydroxyl groups is 1. The first-order valence-electron chi connectivity index (χ1n) is 6.47. The van der Waals surface area contributed by atoms with Crippen LogP contribution in [-0.2, 0) is 16.0 Å². The largest absolute Gasteiger partial charge is 0.394 e. The van der Waals surface area contributed by atoms with Crippen LogP contribution in [0.4, 0.5) is 4.39 Å². The van der Waals surface area contributed by atoms with E-state index in [4.69, 9.17) is 21.4 Å². The van der Waals surface area contributed by atoms with Gasteiger partial charge in [-0.25, -0.2) is 4.39 Å². The predicted octanol–water partition coefficient (Wildman–Crippen LogP) is 1.63. The zero-order valence-corrected chi connectivity index (χ0v) is 11.9. The first kappa shape index (κ1) is 15.2. The monoisotopic (exact) mass is 301 g/mol. The van der Waals surface area contributed by atoms with E-state index >= 15 is 0 Å². The topological polar surface area (TPSA) is 49.8 Å². The summed E-state index contributed by atoms with van der Waals surface area (Å²) in [7, 11) is 0. The third-order valence-electron chi connectivity index (χ3n) is 3.42. The number of carbonyl (C=O) groups is 1. The second-order valence-corrected chi connectivity index (χ2v) is 5.32. The lowest BCUT2D eigenvalue weighted by molar-refractivity contribution is -0.145. The zero-order valence-electron chi connectivity index (χ0n) is 11.2. The summed E-state index contributed by atoms with van der Waals surface area (Å²) >= 11 is 5.93. The molecule has 2 rings (SSSR count). The number of morpholine rings is 1. The van der Waals surface area contributed by atoms with Crippen molar-refractivity contribution in [2.24, 2.45) is 0 Å². The van der Waals surface area contributed by atoms with Crippen molar-refractivity contribution in [3.63, 3.8) is 0 Å². The number of ether oxygens (including phenoxy) is 1. The molecule has 110 valence electrons. The van der Waals surface area contributed by atoms with E-state index in [1.165, 1.54) is 12.1 Å². The predicted molar refractivity (Wildman–Crippen MR) is 73.1 cm³/mol. The highest BCUT2D eigenvalue weighted by Gasteiger charge is 2.29. The molecular formula is C14H17ClFNO3. The molecule has 1 heterocycles. The van der Waals surface area contributed by atoms with Crippen molar-refractivity contribution in [3.05, 3.63) is 34.6 Å². The average molecular weight is 302 g/mol. The molecule has 1 aliphatic heterocycles. The number of rotatable bonds is 3. The van der Waals surface area contributed by atoms with Crippen LogP contribution in [0.15, 0.2) is 18.2 Å². The lowest BCUT2D eigenvalue weighted by Gasteiger charge is -2.37. The van der Waals surface area contributed by atoms with Crippen molar-refractivity contribution in [1.82, 2.24) is 4.90 Å². The first-order valence-corrected chi connectivity index (χ1v) is 6.85. The highest BCUT2D eigenvalue weighted by atomic mass is 35.5. The van der Waals surface area contributed by atoms with E-state index in [1.54, 1.807) is 11.0 Å². The number of benzene rings is 1. The molecular weight excluding hydrogens is 285 g/mol. The van der Waals surface area contributed by atoms with Gasteiger partial charge >= 0.3 is 0 Å². The molecule has 1 aromatic carbocycles. The van der Waals surface area contributed by atoms with Gasteiger partial charge in [0, 0.05) is 17.1 Å². The van der Waals surface area contributed by atoms with Gasteiger partial charge in [0.1, 0.15) is 5.82 Å². The van der Waals surface area contributed by atoms with Crippen LogP contribution in [0.2, 0.25) is 5.02 Å². The summed E-state index contributed by atoms with van der Waals surface area (Å²) < 4.78 is 19.1. The van der Waals surface area contributed by atoms with E-state index in [-0.39, 0.29) is 41.7 Å². The normalized spacial score (nSPS) is 22.9. The molecule has 1 fully saturated rings. The maximum Gasteiger partial charge on any atom is 0.227 e. The Balaban J connectivity index is 2.11. The minimum atomic E-state index is -0.481. The number of hydrogen-bond acceptors (Lipinski definition) is 3. The van der Waals surface area contributed by atoms with Crippen molar-refractivity contribution in [2.45, 2.75) is 25.5 Å². The minimum absolute atomic E-state index is 0.0893. The fourth-order valence-corrected chi connectivity index (χ4v) is 2.46. The fourth-order valence-electron chi connectivity index (χ4n) is 2.23. The molecule has 2 unspecified atom stereocenters. The standard InChI is InChI=1S/C14H17ClFNO3/c1-9-8-20-10(7-18)6-17(9)14(19)5-11-12(15)3-2-4-13(11)16/h2-4,9-10,18H,5-8H2,1H3. The van der Waals surface area contributed by atoms with E-state index in [9.17, 15) is 9.18 Å². The highest BCUT2D eigenvalue weighted by molar-refractivity contribution is 6.31. The molecule has 4 nitrogen and oxygen atoms in total. The van der Waals surface area contributed by atoms with Crippen molar-refractivity contribution >= 4 is 17.5 Å². The summed E-state index contributed by atoms with van der Waals surface area (Å²) in [4.78, 5) is 13.9. The van der Waals surface area contributed by atoms with Gasteiger partial charge in [0.15, 0.2) is 0 Å². The SMILES string of the molecule is CC1COC(CO)CN1C(=O)Cc1c(F)cccc1Cl. The molecule has 0 aliphatic carbocycles. The summed E-state index contributed by atoms with van der Waals surface area (Å²) in [6, 6.07) is 4.25. The smallest absolute Gasteiger partial charge is 0.227 e. The molecule has 1 aliphatic rings. The van der Waals surface area contributed by atoms with Gasteiger partial charge < -0.3 is 14.7 Å².